The lowest BCUT2D eigenvalue weighted by Gasteiger charge is -2.28. The molecule has 10 aromatic carbocycles. The second-order valence-electron chi connectivity index (χ2n) is 15.4. The van der Waals surface area contributed by atoms with Crippen molar-refractivity contribution in [3.05, 3.63) is 267 Å². The highest BCUT2D eigenvalue weighted by Gasteiger charge is 2.20. The number of nitrogens with zero attached hydrogens (tertiary/aromatic N) is 2. The van der Waals surface area contributed by atoms with Gasteiger partial charge < -0.3 is 9.80 Å². The average molecular weight is 793 g/mol. The zero-order chi connectivity index (χ0) is 41.5. The Morgan fingerprint density at radius 3 is 0.871 bits per heavy atom. The first kappa shape index (κ1) is 38.0. The highest BCUT2D eigenvalue weighted by molar-refractivity contribution is 5.92. The maximum atomic E-state index is 2.36. The molecule has 0 saturated heterocycles. The van der Waals surface area contributed by atoms with Crippen LogP contribution in [0.2, 0.25) is 0 Å². The minimum atomic E-state index is 1.09. The van der Waals surface area contributed by atoms with E-state index in [-0.39, 0.29) is 0 Å². The number of anilines is 6. The lowest BCUT2D eigenvalue weighted by atomic mass is 9.96. The predicted molar refractivity (Wildman–Crippen MR) is 263 cm³/mol. The van der Waals surface area contributed by atoms with E-state index < -0.39 is 0 Å². The third kappa shape index (κ3) is 7.93. The number of para-hydroxylation sites is 4. The van der Waals surface area contributed by atoms with Gasteiger partial charge in [-0.1, -0.05) is 200 Å². The minimum absolute atomic E-state index is 1.09. The summed E-state index contributed by atoms with van der Waals surface area (Å²) in [7, 11) is 0. The summed E-state index contributed by atoms with van der Waals surface area (Å²) in [5, 5.41) is 0. The van der Waals surface area contributed by atoms with Gasteiger partial charge in [0.1, 0.15) is 0 Å². The third-order valence-electron chi connectivity index (χ3n) is 11.5. The number of benzene rings is 10. The van der Waals surface area contributed by atoms with Crippen LogP contribution in [-0.4, -0.2) is 0 Å². The monoisotopic (exact) mass is 792 g/mol. The summed E-state index contributed by atoms with van der Waals surface area (Å²) in [5.41, 5.74) is 18.4. The fourth-order valence-corrected chi connectivity index (χ4v) is 8.41. The highest BCUT2D eigenvalue weighted by atomic mass is 15.1. The van der Waals surface area contributed by atoms with Gasteiger partial charge in [-0.3, -0.25) is 0 Å². The number of hydrogen-bond donors (Lipinski definition) is 0. The molecule has 0 atom stereocenters. The van der Waals surface area contributed by atoms with Crippen molar-refractivity contribution in [3.8, 4) is 55.6 Å². The van der Waals surface area contributed by atoms with Crippen LogP contribution in [0.4, 0.5) is 34.1 Å². The number of rotatable bonds is 11. The molecular formula is C60H44N2. The maximum Gasteiger partial charge on any atom is 0.0540 e. The van der Waals surface area contributed by atoms with Gasteiger partial charge in [-0.15, -0.1) is 0 Å². The molecule has 0 radical (unpaired) electrons. The van der Waals surface area contributed by atoms with Gasteiger partial charge in [0.25, 0.3) is 0 Å². The molecule has 294 valence electrons. The molecule has 0 aromatic heterocycles. The standard InChI is InChI=1S/C60H44N2/c1-5-18-45(19-6-1)47-36-40-55(41-37-47)61(53-24-9-3-10-25-53)59-30-15-13-28-57(59)49-32-34-50(35-33-49)58-29-14-16-31-60(58)62(54-26-11-4-12-27-54)56-42-38-48(39-43-56)52-23-17-22-51(44-52)46-20-7-2-8-21-46/h1-44H. The maximum absolute atomic E-state index is 2.36. The van der Waals surface area contributed by atoms with Crippen molar-refractivity contribution in [2.24, 2.45) is 0 Å². The van der Waals surface area contributed by atoms with Gasteiger partial charge in [-0.2, -0.15) is 0 Å². The van der Waals surface area contributed by atoms with Crippen LogP contribution in [0.15, 0.2) is 267 Å². The Labute approximate surface area is 364 Å². The fraction of sp³-hybridized carbons (Fsp3) is 0. The predicted octanol–water partition coefficient (Wildman–Crippen LogP) is 17.0. The van der Waals surface area contributed by atoms with E-state index in [0.717, 1.165) is 56.4 Å². The van der Waals surface area contributed by atoms with Crippen LogP contribution in [0.1, 0.15) is 0 Å². The molecular weight excluding hydrogens is 749 g/mol. The van der Waals surface area contributed by atoms with Crippen molar-refractivity contribution < 1.29 is 0 Å². The molecule has 0 aliphatic carbocycles. The van der Waals surface area contributed by atoms with E-state index in [0.29, 0.717) is 0 Å². The topological polar surface area (TPSA) is 6.48 Å². The molecule has 0 fully saturated rings. The molecule has 0 spiro atoms. The van der Waals surface area contributed by atoms with Crippen LogP contribution in [0.5, 0.6) is 0 Å². The van der Waals surface area contributed by atoms with Gasteiger partial charge in [0.2, 0.25) is 0 Å². The summed E-state index contributed by atoms with van der Waals surface area (Å²) in [5.74, 6) is 0. The van der Waals surface area contributed by atoms with Gasteiger partial charge in [-0.05, 0) is 111 Å². The Kier molecular flexibility index (Phi) is 10.8. The largest absolute Gasteiger partial charge is 0.310 e. The SMILES string of the molecule is c1ccc(-c2ccc(N(c3ccccc3)c3ccccc3-c3ccc(-c4ccccc4N(c4ccccc4)c4ccc(-c5cccc(-c6ccccc6)c5)cc4)cc3)cc2)cc1. The van der Waals surface area contributed by atoms with Crippen LogP contribution < -0.4 is 9.80 Å². The molecule has 0 aliphatic rings. The lowest BCUT2D eigenvalue weighted by molar-refractivity contribution is 1.28. The van der Waals surface area contributed by atoms with Crippen molar-refractivity contribution in [2.75, 3.05) is 9.80 Å². The van der Waals surface area contributed by atoms with E-state index in [1.54, 1.807) is 0 Å². The molecule has 0 amide bonds. The molecule has 2 nitrogen and oxygen atoms in total. The molecule has 2 heteroatoms. The summed E-state index contributed by atoms with van der Waals surface area (Å²) in [6.07, 6.45) is 0. The smallest absolute Gasteiger partial charge is 0.0540 e. The molecule has 0 bridgehead atoms. The second-order valence-corrected chi connectivity index (χ2v) is 15.4. The van der Waals surface area contributed by atoms with Crippen molar-refractivity contribution in [1.29, 1.82) is 0 Å². The van der Waals surface area contributed by atoms with Gasteiger partial charge >= 0.3 is 0 Å². The lowest BCUT2D eigenvalue weighted by Crippen LogP contribution is -2.11. The van der Waals surface area contributed by atoms with E-state index in [1.807, 2.05) is 0 Å². The highest BCUT2D eigenvalue weighted by Crippen LogP contribution is 2.44. The van der Waals surface area contributed by atoms with E-state index in [1.165, 1.54) is 33.4 Å². The normalized spacial score (nSPS) is 10.9. The first-order chi connectivity index (χ1) is 30.8. The molecule has 0 unspecified atom stereocenters. The zero-order valence-corrected chi connectivity index (χ0v) is 34.3. The zero-order valence-electron chi connectivity index (χ0n) is 34.3. The Hall–Kier alpha value is -8.20. The van der Waals surface area contributed by atoms with Gasteiger partial charge in [0.05, 0.1) is 11.4 Å². The summed E-state index contributed by atoms with van der Waals surface area (Å²) < 4.78 is 0. The minimum Gasteiger partial charge on any atom is -0.310 e. The van der Waals surface area contributed by atoms with Crippen LogP contribution >= 0.6 is 0 Å². The molecule has 0 heterocycles. The Morgan fingerprint density at radius 1 is 0.177 bits per heavy atom. The summed E-state index contributed by atoms with van der Waals surface area (Å²) in [4.78, 5) is 4.72. The van der Waals surface area contributed by atoms with Crippen LogP contribution in [0.25, 0.3) is 55.6 Å². The van der Waals surface area contributed by atoms with Crippen molar-refractivity contribution in [1.82, 2.24) is 0 Å². The van der Waals surface area contributed by atoms with Crippen LogP contribution in [0.3, 0.4) is 0 Å². The summed E-state index contributed by atoms with van der Waals surface area (Å²) in [6, 6.07) is 95.5. The van der Waals surface area contributed by atoms with E-state index in [4.69, 9.17) is 0 Å². The van der Waals surface area contributed by atoms with E-state index in [9.17, 15) is 0 Å². The molecule has 10 rings (SSSR count). The second kappa shape index (κ2) is 17.6. The Balaban J connectivity index is 0.993. The van der Waals surface area contributed by atoms with E-state index >= 15 is 0 Å². The van der Waals surface area contributed by atoms with E-state index in [2.05, 4.69) is 277 Å². The quantitative estimate of drug-likeness (QED) is 0.129. The summed E-state index contributed by atoms with van der Waals surface area (Å²) >= 11 is 0. The van der Waals surface area contributed by atoms with Gasteiger partial charge in [-0.25, -0.2) is 0 Å². The third-order valence-corrected chi connectivity index (χ3v) is 11.5. The average Bonchev–Trinajstić information content (AvgIpc) is 3.36. The molecule has 0 aliphatic heterocycles. The first-order valence-electron chi connectivity index (χ1n) is 21.2. The Bertz CT molecular complexity index is 3020. The van der Waals surface area contributed by atoms with Crippen molar-refractivity contribution in [2.45, 2.75) is 0 Å². The first-order valence-corrected chi connectivity index (χ1v) is 21.2. The van der Waals surface area contributed by atoms with Gasteiger partial charge in [0, 0.05) is 33.9 Å². The van der Waals surface area contributed by atoms with Crippen molar-refractivity contribution in [3.63, 3.8) is 0 Å². The fourth-order valence-electron chi connectivity index (χ4n) is 8.41. The van der Waals surface area contributed by atoms with Gasteiger partial charge in [0.15, 0.2) is 0 Å². The summed E-state index contributed by atoms with van der Waals surface area (Å²) in [6.45, 7) is 0. The number of hydrogen-bond acceptors (Lipinski definition) is 2. The van der Waals surface area contributed by atoms with Crippen molar-refractivity contribution >= 4 is 34.1 Å². The van der Waals surface area contributed by atoms with Crippen LogP contribution in [0, 0.1) is 0 Å². The molecule has 0 saturated carbocycles. The molecule has 10 aromatic rings. The molecule has 62 heavy (non-hydrogen) atoms. The molecule has 0 N–H and O–H groups in total. The Morgan fingerprint density at radius 2 is 0.452 bits per heavy atom. The van der Waals surface area contributed by atoms with Crippen LogP contribution in [-0.2, 0) is 0 Å².